The van der Waals surface area contributed by atoms with E-state index in [0.717, 1.165) is 10.8 Å². The van der Waals surface area contributed by atoms with E-state index in [1.165, 1.54) is 52.7 Å². The maximum absolute atomic E-state index is 13.6. The second kappa shape index (κ2) is 9.21. The summed E-state index contributed by atoms with van der Waals surface area (Å²) < 4.78 is 57.2. The molecule has 0 bridgehead atoms. The van der Waals surface area contributed by atoms with Crippen molar-refractivity contribution in [1.29, 1.82) is 0 Å². The molecule has 0 aliphatic heterocycles. The van der Waals surface area contributed by atoms with Crippen LogP contribution in [0.25, 0.3) is 32.7 Å². The first-order valence-electron chi connectivity index (χ1n) is 11.1. The molecule has 1 N–H and O–H groups in total. The van der Waals surface area contributed by atoms with Gasteiger partial charge in [-0.3, -0.25) is 9.52 Å². The Bertz CT molecular complexity index is 1840. The van der Waals surface area contributed by atoms with Crippen LogP contribution in [0, 0.1) is 0 Å². The first-order chi connectivity index (χ1) is 17.8. The van der Waals surface area contributed by atoms with Crippen molar-refractivity contribution in [3.05, 3.63) is 70.9 Å². The Kier molecular flexibility index (Phi) is 6.04. The molecule has 1 aromatic heterocycles. The molecule has 190 valence electrons. The van der Waals surface area contributed by atoms with E-state index < -0.39 is 15.5 Å². The van der Waals surface area contributed by atoms with Crippen LogP contribution in [0.4, 0.5) is 5.69 Å². The van der Waals surface area contributed by atoms with Gasteiger partial charge >= 0.3 is 0 Å². The average Bonchev–Trinajstić information content (AvgIpc) is 2.92. The summed E-state index contributed by atoms with van der Waals surface area (Å²) in [4.78, 5) is 13.6. The van der Waals surface area contributed by atoms with Crippen LogP contribution < -0.4 is 29.1 Å². The molecule has 5 rings (SSSR count). The molecule has 5 aromatic rings. The standard InChI is InChI=1S/C27H23NO8S/c1-32-20-12-18-19(13-21(20)33-2)36-27-24(26(18)29)22(34-3)14-23(35-4)25(27)28-37(30,31)17-10-9-15-7-5-6-8-16(15)11-17/h5-14,28H,1-4H3. The van der Waals surface area contributed by atoms with Gasteiger partial charge in [0.2, 0.25) is 5.43 Å². The van der Waals surface area contributed by atoms with E-state index in [4.69, 9.17) is 23.4 Å². The fraction of sp³-hybridized carbons (Fsp3) is 0.148. The number of hydrogen-bond donors (Lipinski definition) is 1. The number of ether oxygens (including phenoxy) is 4. The minimum atomic E-state index is -4.12. The summed E-state index contributed by atoms with van der Waals surface area (Å²) in [6, 6.07) is 16.7. The zero-order chi connectivity index (χ0) is 26.3. The monoisotopic (exact) mass is 521 g/mol. The number of hydrogen-bond acceptors (Lipinski definition) is 8. The van der Waals surface area contributed by atoms with Gasteiger partial charge in [-0.05, 0) is 29.0 Å². The lowest BCUT2D eigenvalue weighted by atomic mass is 10.1. The molecule has 37 heavy (non-hydrogen) atoms. The van der Waals surface area contributed by atoms with E-state index in [-0.39, 0.29) is 44.0 Å². The van der Waals surface area contributed by atoms with Crippen molar-refractivity contribution in [2.45, 2.75) is 4.90 Å². The third-order valence-electron chi connectivity index (χ3n) is 6.09. The van der Waals surface area contributed by atoms with Crippen LogP contribution in [0.3, 0.4) is 0 Å². The van der Waals surface area contributed by atoms with Crippen molar-refractivity contribution < 1.29 is 31.8 Å². The van der Waals surface area contributed by atoms with Crippen LogP contribution in [-0.2, 0) is 10.0 Å². The molecule has 0 aliphatic rings. The van der Waals surface area contributed by atoms with Crippen LogP contribution >= 0.6 is 0 Å². The molecule has 0 unspecified atom stereocenters. The van der Waals surface area contributed by atoms with E-state index in [9.17, 15) is 13.2 Å². The van der Waals surface area contributed by atoms with Gasteiger partial charge in [0.25, 0.3) is 10.0 Å². The number of anilines is 1. The van der Waals surface area contributed by atoms with Gasteiger partial charge in [-0.1, -0.05) is 30.3 Å². The van der Waals surface area contributed by atoms with Gasteiger partial charge in [-0.2, -0.15) is 0 Å². The highest BCUT2D eigenvalue weighted by atomic mass is 32.2. The molecule has 0 saturated heterocycles. The number of methoxy groups -OCH3 is 4. The fourth-order valence-electron chi connectivity index (χ4n) is 4.24. The number of nitrogens with one attached hydrogen (secondary N) is 1. The van der Waals surface area contributed by atoms with Crippen LogP contribution in [-0.4, -0.2) is 36.9 Å². The minimum absolute atomic E-state index is 0.0340. The first-order valence-corrected chi connectivity index (χ1v) is 12.6. The Hall–Kier alpha value is -4.44. The third-order valence-corrected chi connectivity index (χ3v) is 7.43. The van der Waals surface area contributed by atoms with Gasteiger partial charge in [0.15, 0.2) is 22.8 Å². The van der Waals surface area contributed by atoms with E-state index in [2.05, 4.69) is 4.72 Å². The molecule has 0 amide bonds. The van der Waals surface area contributed by atoms with Crippen molar-refractivity contribution in [2.24, 2.45) is 0 Å². The predicted octanol–water partition coefficient (Wildman–Crippen LogP) is 4.93. The molecule has 0 atom stereocenters. The molecule has 0 fully saturated rings. The average molecular weight is 522 g/mol. The minimum Gasteiger partial charge on any atom is -0.496 e. The Morgan fingerprint density at radius 2 is 1.38 bits per heavy atom. The van der Waals surface area contributed by atoms with Crippen molar-refractivity contribution in [3.8, 4) is 23.0 Å². The van der Waals surface area contributed by atoms with E-state index >= 15 is 0 Å². The lowest BCUT2D eigenvalue weighted by Crippen LogP contribution is -2.15. The van der Waals surface area contributed by atoms with Crippen LogP contribution in [0.2, 0.25) is 0 Å². The van der Waals surface area contributed by atoms with Gasteiger partial charge in [0, 0.05) is 12.1 Å². The summed E-state index contributed by atoms with van der Waals surface area (Å²) in [6.45, 7) is 0. The van der Waals surface area contributed by atoms with Crippen molar-refractivity contribution in [3.63, 3.8) is 0 Å². The highest BCUT2D eigenvalue weighted by Crippen LogP contribution is 2.42. The molecule has 0 saturated carbocycles. The molecular weight excluding hydrogens is 498 g/mol. The van der Waals surface area contributed by atoms with Crippen LogP contribution in [0.15, 0.2) is 74.8 Å². The Balaban J connectivity index is 1.78. The second-order valence-corrected chi connectivity index (χ2v) is 9.79. The Morgan fingerprint density at radius 1 is 0.730 bits per heavy atom. The lowest BCUT2D eigenvalue weighted by Gasteiger charge is -2.17. The number of benzene rings is 4. The van der Waals surface area contributed by atoms with Crippen LogP contribution in [0.5, 0.6) is 23.0 Å². The molecule has 0 spiro atoms. The largest absolute Gasteiger partial charge is 0.496 e. The Labute approximate surface area is 212 Å². The lowest BCUT2D eigenvalue weighted by molar-refractivity contribution is 0.355. The van der Waals surface area contributed by atoms with E-state index in [1.807, 2.05) is 24.3 Å². The highest BCUT2D eigenvalue weighted by Gasteiger charge is 2.25. The molecular formula is C27H23NO8S. The van der Waals surface area contributed by atoms with Crippen molar-refractivity contribution in [2.75, 3.05) is 33.2 Å². The quantitative estimate of drug-likeness (QED) is 0.300. The van der Waals surface area contributed by atoms with Gasteiger partial charge in [-0.15, -0.1) is 0 Å². The first kappa shape index (κ1) is 24.3. The summed E-state index contributed by atoms with van der Waals surface area (Å²) in [5.41, 5.74) is -0.370. The smallest absolute Gasteiger partial charge is 0.262 e. The molecule has 1 heterocycles. The second-order valence-electron chi connectivity index (χ2n) is 8.11. The number of sulfonamides is 1. The molecule has 0 aliphatic carbocycles. The topological polar surface area (TPSA) is 113 Å². The van der Waals surface area contributed by atoms with Gasteiger partial charge < -0.3 is 23.4 Å². The van der Waals surface area contributed by atoms with Gasteiger partial charge in [0.1, 0.15) is 22.4 Å². The van der Waals surface area contributed by atoms with E-state index in [0.29, 0.717) is 11.5 Å². The zero-order valence-corrected chi connectivity index (χ0v) is 21.3. The molecule has 0 radical (unpaired) electrons. The summed E-state index contributed by atoms with van der Waals surface area (Å²) in [7, 11) is 1.57. The molecule has 10 heteroatoms. The zero-order valence-electron chi connectivity index (χ0n) is 20.4. The van der Waals surface area contributed by atoms with Crippen molar-refractivity contribution >= 4 is 48.4 Å². The predicted molar refractivity (Wildman–Crippen MR) is 141 cm³/mol. The van der Waals surface area contributed by atoms with Gasteiger partial charge in [-0.25, -0.2) is 8.42 Å². The SMILES string of the molecule is COc1cc2oc3c(NS(=O)(=O)c4ccc5ccccc5c4)c(OC)cc(OC)c3c(=O)c2cc1OC. The van der Waals surface area contributed by atoms with Crippen molar-refractivity contribution in [1.82, 2.24) is 0 Å². The maximum atomic E-state index is 13.6. The van der Waals surface area contributed by atoms with Crippen LogP contribution in [0.1, 0.15) is 0 Å². The fourth-order valence-corrected chi connectivity index (χ4v) is 5.35. The Morgan fingerprint density at radius 3 is 2.05 bits per heavy atom. The normalized spacial score (nSPS) is 11.6. The molecule has 9 nitrogen and oxygen atoms in total. The summed E-state index contributed by atoms with van der Waals surface area (Å²) in [5, 5.41) is 1.91. The molecule has 4 aromatic carbocycles. The summed E-state index contributed by atoms with van der Waals surface area (Å²) in [6.07, 6.45) is 0. The van der Waals surface area contributed by atoms with Gasteiger partial charge in [0.05, 0.1) is 38.7 Å². The summed E-state index contributed by atoms with van der Waals surface area (Å²) >= 11 is 0. The highest BCUT2D eigenvalue weighted by molar-refractivity contribution is 7.92. The maximum Gasteiger partial charge on any atom is 0.262 e. The number of rotatable bonds is 7. The third kappa shape index (κ3) is 4.05. The summed E-state index contributed by atoms with van der Waals surface area (Å²) in [5.74, 6) is 0.944. The van der Waals surface area contributed by atoms with E-state index in [1.54, 1.807) is 12.1 Å². The number of fused-ring (bicyclic) bond motifs is 3.